The van der Waals surface area contributed by atoms with E-state index in [1.165, 1.54) is 26.4 Å². The van der Waals surface area contributed by atoms with Crippen molar-refractivity contribution < 1.29 is 19.4 Å². The molecular formula is C15H21O4P. The summed E-state index contributed by atoms with van der Waals surface area (Å²) in [5.41, 5.74) is 0.133. The minimum Gasteiger partial charge on any atom is -0.496 e. The van der Waals surface area contributed by atoms with Crippen LogP contribution in [-0.4, -0.2) is 24.8 Å². The molecule has 0 saturated heterocycles. The van der Waals surface area contributed by atoms with Gasteiger partial charge in [-0.2, -0.15) is 0 Å². The second kappa shape index (κ2) is 6.45. The fraction of sp³-hybridized carbons (Fsp3) is 0.533. The molecule has 1 N–H and O–H groups in total. The molecule has 0 heterocycles. The number of methoxy groups -OCH3 is 1. The fourth-order valence-electron chi connectivity index (χ4n) is 2.59. The first-order valence-electron chi connectivity index (χ1n) is 6.88. The van der Waals surface area contributed by atoms with Crippen LogP contribution >= 0.6 is 9.24 Å². The minimum absolute atomic E-state index is 0.133. The highest BCUT2D eigenvalue weighted by Crippen LogP contribution is 2.36. The maximum Gasteiger partial charge on any atom is 0.339 e. The molecule has 0 aromatic heterocycles. The standard InChI is InChI=1S/C15H21O4P/c1-3-9-4-10(5-9)8-19-13-6-11(15(16)17)12(18-2)7-14(13)20/h6-7,9-10H,3-5,8,20H2,1-2H3,(H,16,17). The number of carboxylic acid groups (broad SMARTS) is 1. The van der Waals surface area contributed by atoms with E-state index in [1.807, 2.05) is 0 Å². The van der Waals surface area contributed by atoms with Crippen molar-refractivity contribution in [2.75, 3.05) is 13.7 Å². The number of rotatable bonds is 6. The lowest BCUT2D eigenvalue weighted by molar-refractivity contribution is 0.0692. The summed E-state index contributed by atoms with van der Waals surface area (Å²) in [6, 6.07) is 3.22. The quantitative estimate of drug-likeness (QED) is 0.820. The van der Waals surface area contributed by atoms with Gasteiger partial charge < -0.3 is 14.6 Å². The van der Waals surface area contributed by atoms with Crippen LogP contribution in [0.15, 0.2) is 12.1 Å². The first kappa shape index (κ1) is 15.1. The van der Waals surface area contributed by atoms with Crippen molar-refractivity contribution in [3.8, 4) is 11.5 Å². The van der Waals surface area contributed by atoms with Gasteiger partial charge in [0.05, 0.1) is 13.7 Å². The van der Waals surface area contributed by atoms with Gasteiger partial charge in [0.25, 0.3) is 0 Å². The first-order valence-corrected chi connectivity index (χ1v) is 7.46. The Balaban J connectivity index is 2.04. The monoisotopic (exact) mass is 296 g/mol. The fourth-order valence-corrected chi connectivity index (χ4v) is 2.91. The van der Waals surface area contributed by atoms with E-state index in [9.17, 15) is 9.90 Å². The van der Waals surface area contributed by atoms with Gasteiger partial charge in [-0.15, -0.1) is 9.24 Å². The molecule has 1 atom stereocenters. The Bertz CT molecular complexity index is 495. The summed E-state index contributed by atoms with van der Waals surface area (Å²) in [6.07, 6.45) is 3.66. The minimum atomic E-state index is -1.01. The summed E-state index contributed by atoms with van der Waals surface area (Å²) in [5.74, 6) is 1.38. The molecule has 1 aromatic rings. The summed E-state index contributed by atoms with van der Waals surface area (Å²) in [6.45, 7) is 2.87. The van der Waals surface area contributed by atoms with Gasteiger partial charge >= 0.3 is 5.97 Å². The van der Waals surface area contributed by atoms with Crippen LogP contribution in [0.2, 0.25) is 0 Å². The second-order valence-corrected chi connectivity index (χ2v) is 5.94. The largest absolute Gasteiger partial charge is 0.496 e. The lowest BCUT2D eigenvalue weighted by atomic mass is 9.74. The molecule has 0 spiro atoms. The van der Waals surface area contributed by atoms with Crippen molar-refractivity contribution >= 4 is 20.5 Å². The Morgan fingerprint density at radius 1 is 1.35 bits per heavy atom. The molecule has 0 bridgehead atoms. The van der Waals surface area contributed by atoms with Crippen molar-refractivity contribution in [3.05, 3.63) is 17.7 Å². The summed E-state index contributed by atoms with van der Waals surface area (Å²) >= 11 is 0. The lowest BCUT2D eigenvalue weighted by Crippen LogP contribution is -2.28. The molecule has 0 aliphatic heterocycles. The highest BCUT2D eigenvalue weighted by molar-refractivity contribution is 7.27. The molecule has 20 heavy (non-hydrogen) atoms. The van der Waals surface area contributed by atoms with Gasteiger partial charge in [-0.1, -0.05) is 13.3 Å². The number of carboxylic acids is 1. The topological polar surface area (TPSA) is 55.8 Å². The normalized spacial score (nSPS) is 21.1. The van der Waals surface area contributed by atoms with E-state index in [2.05, 4.69) is 16.2 Å². The Labute approximate surface area is 121 Å². The molecule has 1 fully saturated rings. The Hall–Kier alpha value is -1.28. The smallest absolute Gasteiger partial charge is 0.339 e. The summed E-state index contributed by atoms with van der Waals surface area (Å²) in [7, 11) is 4.03. The summed E-state index contributed by atoms with van der Waals surface area (Å²) < 4.78 is 10.9. The highest BCUT2D eigenvalue weighted by Gasteiger charge is 2.28. The molecule has 1 aliphatic rings. The zero-order chi connectivity index (χ0) is 14.7. The van der Waals surface area contributed by atoms with Crippen LogP contribution in [-0.2, 0) is 0 Å². The van der Waals surface area contributed by atoms with E-state index < -0.39 is 5.97 Å². The third kappa shape index (κ3) is 3.24. The van der Waals surface area contributed by atoms with Gasteiger partial charge in [-0.25, -0.2) is 4.79 Å². The van der Waals surface area contributed by atoms with E-state index in [0.29, 0.717) is 24.0 Å². The van der Waals surface area contributed by atoms with Crippen molar-refractivity contribution in [2.24, 2.45) is 11.8 Å². The second-order valence-electron chi connectivity index (χ2n) is 5.32. The van der Waals surface area contributed by atoms with Crippen LogP contribution in [0.5, 0.6) is 11.5 Å². The number of hydrogen-bond acceptors (Lipinski definition) is 3. The molecule has 1 saturated carbocycles. The number of carbonyl (C=O) groups is 1. The number of hydrogen-bond donors (Lipinski definition) is 1. The Morgan fingerprint density at radius 3 is 2.60 bits per heavy atom. The first-order chi connectivity index (χ1) is 9.55. The Morgan fingerprint density at radius 2 is 2.05 bits per heavy atom. The molecule has 0 amide bonds. The van der Waals surface area contributed by atoms with Crippen LogP contribution in [0.25, 0.3) is 0 Å². The number of ether oxygens (including phenoxy) is 2. The highest BCUT2D eigenvalue weighted by atomic mass is 31.0. The zero-order valence-electron chi connectivity index (χ0n) is 11.9. The molecule has 2 rings (SSSR count). The van der Waals surface area contributed by atoms with Gasteiger partial charge in [0, 0.05) is 5.30 Å². The summed E-state index contributed by atoms with van der Waals surface area (Å²) in [5, 5.41) is 9.99. The van der Waals surface area contributed by atoms with Gasteiger partial charge in [0.1, 0.15) is 17.1 Å². The van der Waals surface area contributed by atoms with Crippen LogP contribution in [0.1, 0.15) is 36.5 Å². The SMILES string of the molecule is CCC1CC(COc2cc(C(=O)O)c(OC)cc2P)C1. The van der Waals surface area contributed by atoms with E-state index in [0.717, 1.165) is 11.2 Å². The molecular weight excluding hydrogens is 275 g/mol. The third-order valence-electron chi connectivity index (χ3n) is 3.95. The maximum atomic E-state index is 11.2. The van der Waals surface area contributed by atoms with E-state index >= 15 is 0 Å². The van der Waals surface area contributed by atoms with Crippen molar-refractivity contribution in [3.63, 3.8) is 0 Å². The van der Waals surface area contributed by atoms with Gasteiger partial charge in [0.15, 0.2) is 0 Å². The van der Waals surface area contributed by atoms with E-state index in [4.69, 9.17) is 9.47 Å². The molecule has 1 unspecified atom stereocenters. The predicted octanol–water partition coefficient (Wildman–Crippen LogP) is 2.71. The van der Waals surface area contributed by atoms with Crippen molar-refractivity contribution in [1.29, 1.82) is 0 Å². The van der Waals surface area contributed by atoms with Crippen LogP contribution in [0.4, 0.5) is 0 Å². The summed E-state index contributed by atoms with van der Waals surface area (Å²) in [4.78, 5) is 11.2. The van der Waals surface area contributed by atoms with Crippen molar-refractivity contribution in [1.82, 2.24) is 0 Å². The average molecular weight is 296 g/mol. The van der Waals surface area contributed by atoms with Gasteiger partial charge in [-0.05, 0) is 36.8 Å². The molecule has 4 nitrogen and oxygen atoms in total. The average Bonchev–Trinajstić information content (AvgIpc) is 2.37. The molecule has 0 radical (unpaired) electrons. The van der Waals surface area contributed by atoms with Crippen LogP contribution in [0.3, 0.4) is 0 Å². The van der Waals surface area contributed by atoms with Crippen LogP contribution in [0, 0.1) is 11.8 Å². The van der Waals surface area contributed by atoms with Crippen LogP contribution < -0.4 is 14.8 Å². The molecule has 110 valence electrons. The van der Waals surface area contributed by atoms with E-state index in [-0.39, 0.29) is 5.56 Å². The number of aromatic carboxylic acids is 1. The van der Waals surface area contributed by atoms with Gasteiger partial charge in [-0.3, -0.25) is 0 Å². The predicted molar refractivity (Wildman–Crippen MR) is 81.3 cm³/mol. The Kier molecular flexibility index (Phi) is 4.87. The zero-order valence-corrected chi connectivity index (χ0v) is 13.0. The molecule has 1 aromatic carbocycles. The lowest BCUT2D eigenvalue weighted by Gasteiger charge is -2.34. The van der Waals surface area contributed by atoms with Gasteiger partial charge in [0.2, 0.25) is 0 Å². The van der Waals surface area contributed by atoms with Crippen molar-refractivity contribution in [2.45, 2.75) is 26.2 Å². The molecule has 5 heteroatoms. The third-order valence-corrected chi connectivity index (χ3v) is 4.40. The number of benzene rings is 1. The van der Waals surface area contributed by atoms with E-state index in [1.54, 1.807) is 12.1 Å². The maximum absolute atomic E-state index is 11.2. The molecule has 1 aliphatic carbocycles.